The first-order chi connectivity index (χ1) is 24.1. The Hall–Kier alpha value is -5.64. The second-order valence-corrected chi connectivity index (χ2v) is 13.2. The fourth-order valence-electron chi connectivity index (χ4n) is 4.89. The molecule has 1 atom stereocenters. The van der Waals surface area contributed by atoms with Crippen LogP contribution in [0.3, 0.4) is 0 Å². The Morgan fingerprint density at radius 1 is 0.720 bits per heavy atom. The molecule has 8 nitrogen and oxygen atoms in total. The molecule has 1 unspecified atom stereocenters. The van der Waals surface area contributed by atoms with Crippen LogP contribution in [-0.4, -0.2) is 28.8 Å². The van der Waals surface area contributed by atoms with Gasteiger partial charge in [0.2, 0.25) is 5.91 Å². The van der Waals surface area contributed by atoms with Crippen LogP contribution < -0.4 is 16.0 Å². The summed E-state index contributed by atoms with van der Waals surface area (Å²) < 4.78 is 0. The van der Waals surface area contributed by atoms with Crippen LogP contribution in [0.5, 0.6) is 0 Å². The zero-order chi connectivity index (χ0) is 35.6. The van der Waals surface area contributed by atoms with Crippen molar-refractivity contribution >= 4 is 64.5 Å². The number of nitrogens with one attached hydrogen (secondary N) is 3. The molecule has 4 N–H and O–H groups in total. The van der Waals surface area contributed by atoms with Crippen LogP contribution in [0.1, 0.15) is 62.4 Å². The number of carboxylic acid groups (broad SMARTS) is 1. The fraction of sp³-hybridized carbons (Fsp3) is 0.100. The Kier molecular flexibility index (Phi) is 11.9. The highest BCUT2D eigenvalue weighted by Crippen LogP contribution is 2.37. The normalized spacial score (nSPS) is 11.8. The number of halogens is 1. The van der Waals surface area contributed by atoms with E-state index in [1.54, 1.807) is 54.6 Å². The molecule has 0 fully saturated rings. The summed E-state index contributed by atoms with van der Waals surface area (Å²) in [6.45, 7) is 4.20. The third-order valence-electron chi connectivity index (χ3n) is 7.62. The van der Waals surface area contributed by atoms with Crippen LogP contribution in [0.25, 0.3) is 6.08 Å². The topological polar surface area (TPSA) is 125 Å². The summed E-state index contributed by atoms with van der Waals surface area (Å²) in [7, 11) is 0. The van der Waals surface area contributed by atoms with Crippen molar-refractivity contribution in [2.75, 3.05) is 10.6 Å². The molecule has 5 aromatic rings. The van der Waals surface area contributed by atoms with Crippen molar-refractivity contribution in [3.63, 3.8) is 0 Å². The SMILES string of the molecule is CC(C)c1ccc(/C=C(\NC(=O)c2ccccc2)C(=O)Nc2ccc(SC(C(=O)Nc3cc(C(=O)O)ccc3Cl)c3ccccc3)cc2)cc1. The number of aromatic carboxylic acids is 1. The van der Waals surface area contributed by atoms with E-state index < -0.39 is 28.9 Å². The fourth-order valence-corrected chi connectivity index (χ4v) is 6.08. The smallest absolute Gasteiger partial charge is 0.335 e. The van der Waals surface area contributed by atoms with Crippen LogP contribution in [0, 0.1) is 0 Å². The van der Waals surface area contributed by atoms with Gasteiger partial charge in [-0.2, -0.15) is 0 Å². The molecule has 0 aromatic heterocycles. The minimum Gasteiger partial charge on any atom is -0.478 e. The molecule has 50 heavy (non-hydrogen) atoms. The van der Waals surface area contributed by atoms with E-state index in [1.807, 2.05) is 60.7 Å². The van der Waals surface area contributed by atoms with Gasteiger partial charge in [-0.1, -0.05) is 98.2 Å². The van der Waals surface area contributed by atoms with E-state index >= 15 is 0 Å². The minimum absolute atomic E-state index is 0.00656. The summed E-state index contributed by atoms with van der Waals surface area (Å²) >= 11 is 7.56. The number of benzene rings is 5. The van der Waals surface area contributed by atoms with E-state index in [9.17, 15) is 24.3 Å². The molecule has 0 aliphatic heterocycles. The molecule has 5 rings (SSSR count). The van der Waals surface area contributed by atoms with E-state index in [2.05, 4.69) is 29.8 Å². The first-order valence-electron chi connectivity index (χ1n) is 15.7. The van der Waals surface area contributed by atoms with Crippen LogP contribution in [0.2, 0.25) is 5.02 Å². The van der Waals surface area contributed by atoms with E-state index in [0.29, 0.717) is 17.2 Å². The van der Waals surface area contributed by atoms with Crippen molar-refractivity contribution in [3.05, 3.63) is 166 Å². The maximum atomic E-state index is 13.6. The summed E-state index contributed by atoms with van der Waals surface area (Å²) in [5.41, 5.74) is 3.78. The first-order valence-corrected chi connectivity index (χ1v) is 17.0. The van der Waals surface area contributed by atoms with E-state index in [0.717, 1.165) is 21.6 Å². The van der Waals surface area contributed by atoms with Gasteiger partial charge in [0, 0.05) is 16.1 Å². The lowest BCUT2D eigenvalue weighted by molar-refractivity contribution is -0.116. The Bertz CT molecular complexity index is 2020. The predicted octanol–water partition coefficient (Wildman–Crippen LogP) is 9.04. The van der Waals surface area contributed by atoms with Crippen molar-refractivity contribution in [1.29, 1.82) is 0 Å². The number of anilines is 2. The summed E-state index contributed by atoms with van der Waals surface area (Å²) in [4.78, 5) is 52.4. The molecular formula is C40H34ClN3O5S. The average molecular weight is 704 g/mol. The van der Waals surface area contributed by atoms with Gasteiger partial charge in [0.1, 0.15) is 10.9 Å². The number of carboxylic acids is 1. The van der Waals surface area contributed by atoms with Crippen molar-refractivity contribution in [3.8, 4) is 0 Å². The lowest BCUT2D eigenvalue weighted by Gasteiger charge is -2.18. The summed E-state index contributed by atoms with van der Waals surface area (Å²) in [6, 6.07) is 36.7. The van der Waals surface area contributed by atoms with Crippen LogP contribution >= 0.6 is 23.4 Å². The Labute approximate surface area is 299 Å². The second-order valence-electron chi connectivity index (χ2n) is 11.6. The molecule has 252 valence electrons. The largest absolute Gasteiger partial charge is 0.478 e. The monoisotopic (exact) mass is 703 g/mol. The highest BCUT2D eigenvalue weighted by molar-refractivity contribution is 8.00. The minimum atomic E-state index is -1.14. The number of thioether (sulfide) groups is 1. The first kappa shape index (κ1) is 35.7. The molecule has 10 heteroatoms. The zero-order valence-corrected chi connectivity index (χ0v) is 28.8. The second kappa shape index (κ2) is 16.6. The third kappa shape index (κ3) is 9.49. The molecular weight excluding hydrogens is 670 g/mol. The summed E-state index contributed by atoms with van der Waals surface area (Å²) in [5.74, 6) is -2.11. The molecule has 3 amide bonds. The van der Waals surface area contributed by atoms with Gasteiger partial charge in [0.25, 0.3) is 11.8 Å². The van der Waals surface area contributed by atoms with Crippen molar-refractivity contribution in [1.82, 2.24) is 5.32 Å². The molecule has 0 aliphatic carbocycles. The van der Waals surface area contributed by atoms with Gasteiger partial charge in [-0.25, -0.2) is 4.79 Å². The maximum absolute atomic E-state index is 13.6. The standard InChI is InChI=1S/C40H34ClN3O5S/c1-25(2)27-15-13-26(14-16-27)23-35(44-37(45)29-11-7-4-8-12-29)38(46)42-31-18-20-32(21-19-31)50-36(28-9-5-3-6-10-28)39(47)43-34-24-30(40(48)49)17-22-33(34)41/h3-25,36H,1-2H3,(H,42,46)(H,43,47)(H,44,45)(H,48,49)/b35-23-. The quantitative estimate of drug-likeness (QED) is 0.0759. The number of amides is 3. The number of carbonyl (C=O) groups is 4. The van der Waals surface area contributed by atoms with Crippen molar-refractivity contribution in [2.24, 2.45) is 0 Å². The predicted molar refractivity (Wildman–Crippen MR) is 200 cm³/mol. The molecule has 0 aliphatic rings. The van der Waals surface area contributed by atoms with Gasteiger partial charge in [-0.3, -0.25) is 14.4 Å². The molecule has 0 saturated carbocycles. The van der Waals surface area contributed by atoms with Crippen molar-refractivity contribution in [2.45, 2.75) is 29.9 Å². The van der Waals surface area contributed by atoms with E-state index in [4.69, 9.17) is 11.6 Å². The van der Waals surface area contributed by atoms with Gasteiger partial charge >= 0.3 is 5.97 Å². The Morgan fingerprint density at radius 2 is 1.36 bits per heavy atom. The van der Waals surface area contributed by atoms with E-state index in [1.165, 1.54) is 30.0 Å². The van der Waals surface area contributed by atoms with E-state index in [-0.39, 0.29) is 22.0 Å². The Balaban J connectivity index is 1.34. The molecule has 0 bridgehead atoms. The van der Waals surface area contributed by atoms with Gasteiger partial charge in [-0.05, 0) is 83.3 Å². The van der Waals surface area contributed by atoms with Crippen LogP contribution in [0.15, 0.2) is 138 Å². The molecule has 5 aromatic carbocycles. The average Bonchev–Trinajstić information content (AvgIpc) is 3.12. The van der Waals surface area contributed by atoms with Crippen molar-refractivity contribution < 1.29 is 24.3 Å². The summed E-state index contributed by atoms with van der Waals surface area (Å²) in [5, 5.41) is 17.3. The van der Waals surface area contributed by atoms with Gasteiger partial charge in [0.15, 0.2) is 0 Å². The van der Waals surface area contributed by atoms with Gasteiger partial charge in [0.05, 0.1) is 16.3 Å². The lowest BCUT2D eigenvalue weighted by Crippen LogP contribution is -2.30. The van der Waals surface area contributed by atoms with Gasteiger partial charge < -0.3 is 21.1 Å². The molecule has 0 saturated heterocycles. The molecule has 0 spiro atoms. The van der Waals surface area contributed by atoms with Crippen LogP contribution in [-0.2, 0) is 9.59 Å². The van der Waals surface area contributed by atoms with Gasteiger partial charge in [-0.15, -0.1) is 11.8 Å². The van der Waals surface area contributed by atoms with Crippen LogP contribution in [0.4, 0.5) is 11.4 Å². The Morgan fingerprint density at radius 3 is 1.98 bits per heavy atom. The highest BCUT2D eigenvalue weighted by atomic mass is 35.5. The number of hydrogen-bond acceptors (Lipinski definition) is 5. The number of carbonyl (C=O) groups excluding carboxylic acids is 3. The lowest BCUT2D eigenvalue weighted by atomic mass is 10.0. The number of hydrogen-bond donors (Lipinski definition) is 4. The zero-order valence-electron chi connectivity index (χ0n) is 27.2. The summed E-state index contributed by atoms with van der Waals surface area (Å²) in [6.07, 6.45) is 1.63. The highest BCUT2D eigenvalue weighted by Gasteiger charge is 2.24. The third-order valence-corrected chi connectivity index (χ3v) is 9.22. The molecule has 0 radical (unpaired) electrons. The maximum Gasteiger partial charge on any atom is 0.335 e. The number of rotatable bonds is 12. The molecule has 0 heterocycles.